The van der Waals surface area contributed by atoms with Crippen molar-refractivity contribution in [1.82, 2.24) is 30.0 Å². The summed E-state index contributed by atoms with van der Waals surface area (Å²) in [5.74, 6) is 0.0234. The summed E-state index contributed by atoms with van der Waals surface area (Å²) in [6.45, 7) is 7.11. The molecule has 0 spiro atoms. The van der Waals surface area contributed by atoms with Gasteiger partial charge in [-0.1, -0.05) is 6.07 Å². The van der Waals surface area contributed by atoms with Crippen LogP contribution in [0.15, 0.2) is 42.3 Å². The Morgan fingerprint density at radius 3 is 2.80 bits per heavy atom. The SMILES string of the molecule is C[C@@H]1CN(CC(=O)NCCn2ncc(-c3cnccn3)c2-c2cccs2)C[C@@H](C)O1. The fraction of sp³-hybridized carbons (Fsp3) is 0.429. The van der Waals surface area contributed by atoms with Crippen LogP contribution in [0.4, 0.5) is 0 Å². The zero-order valence-electron chi connectivity index (χ0n) is 17.2. The molecule has 3 aromatic rings. The standard InChI is InChI=1S/C21H26N6O2S/c1-15-12-26(13-16(2)29-15)14-20(28)24-7-8-27-21(19-4-3-9-30-19)17(10-25-27)18-11-22-5-6-23-18/h3-6,9-11,15-16H,7-8,12-14H2,1-2H3,(H,24,28)/t15-,16-/m1/s1. The molecule has 30 heavy (non-hydrogen) atoms. The Morgan fingerprint density at radius 1 is 1.27 bits per heavy atom. The molecule has 0 saturated carbocycles. The molecule has 1 N–H and O–H groups in total. The van der Waals surface area contributed by atoms with Crippen molar-refractivity contribution in [2.45, 2.75) is 32.6 Å². The maximum Gasteiger partial charge on any atom is 0.234 e. The molecular formula is C21H26N6O2S. The van der Waals surface area contributed by atoms with Crippen LogP contribution in [-0.4, -0.2) is 68.9 Å². The number of hydrogen-bond acceptors (Lipinski definition) is 7. The number of carbonyl (C=O) groups is 1. The summed E-state index contributed by atoms with van der Waals surface area (Å²) in [5, 5.41) is 9.62. The van der Waals surface area contributed by atoms with E-state index in [0.717, 1.165) is 34.9 Å². The summed E-state index contributed by atoms with van der Waals surface area (Å²) in [7, 11) is 0. The van der Waals surface area contributed by atoms with Gasteiger partial charge in [0.15, 0.2) is 0 Å². The first kappa shape index (κ1) is 20.6. The van der Waals surface area contributed by atoms with Crippen molar-refractivity contribution in [2.24, 2.45) is 0 Å². The molecule has 1 fully saturated rings. The Hall–Kier alpha value is -2.62. The third-order valence-corrected chi connectivity index (χ3v) is 5.82. The van der Waals surface area contributed by atoms with E-state index in [1.165, 1.54) is 0 Å². The minimum absolute atomic E-state index is 0.0234. The van der Waals surface area contributed by atoms with E-state index in [9.17, 15) is 4.79 Å². The number of amides is 1. The van der Waals surface area contributed by atoms with E-state index in [2.05, 4.69) is 31.3 Å². The molecule has 0 unspecified atom stereocenters. The van der Waals surface area contributed by atoms with Crippen molar-refractivity contribution < 1.29 is 9.53 Å². The zero-order chi connectivity index (χ0) is 20.9. The minimum Gasteiger partial charge on any atom is -0.373 e. The van der Waals surface area contributed by atoms with Gasteiger partial charge in [-0.3, -0.25) is 24.3 Å². The Bertz CT molecular complexity index is 949. The number of ether oxygens (including phenoxy) is 1. The maximum absolute atomic E-state index is 12.4. The summed E-state index contributed by atoms with van der Waals surface area (Å²) in [5.41, 5.74) is 2.72. The number of nitrogens with one attached hydrogen (secondary N) is 1. The van der Waals surface area contributed by atoms with Crippen molar-refractivity contribution in [2.75, 3.05) is 26.2 Å². The van der Waals surface area contributed by atoms with Gasteiger partial charge in [-0.2, -0.15) is 5.10 Å². The highest BCUT2D eigenvalue weighted by atomic mass is 32.1. The van der Waals surface area contributed by atoms with Gasteiger partial charge in [0.05, 0.1) is 54.0 Å². The number of aromatic nitrogens is 4. The summed E-state index contributed by atoms with van der Waals surface area (Å²) in [4.78, 5) is 24.3. The Kier molecular flexibility index (Phi) is 6.51. The van der Waals surface area contributed by atoms with Crippen LogP contribution in [-0.2, 0) is 16.1 Å². The monoisotopic (exact) mass is 426 g/mol. The summed E-state index contributed by atoms with van der Waals surface area (Å²) >= 11 is 1.65. The molecule has 158 valence electrons. The fourth-order valence-corrected chi connectivity index (χ4v) is 4.62. The second kappa shape index (κ2) is 9.46. The highest BCUT2D eigenvalue weighted by Gasteiger charge is 2.23. The van der Waals surface area contributed by atoms with Gasteiger partial charge in [-0.05, 0) is 25.3 Å². The fourth-order valence-electron chi connectivity index (χ4n) is 3.83. The molecule has 1 aliphatic heterocycles. The zero-order valence-corrected chi connectivity index (χ0v) is 18.0. The van der Waals surface area contributed by atoms with E-state index in [1.54, 1.807) is 29.9 Å². The van der Waals surface area contributed by atoms with Crippen LogP contribution in [0.25, 0.3) is 21.8 Å². The van der Waals surface area contributed by atoms with E-state index < -0.39 is 0 Å². The number of hydrogen-bond donors (Lipinski definition) is 1. The molecular weight excluding hydrogens is 400 g/mol. The topological polar surface area (TPSA) is 85.2 Å². The molecule has 0 aliphatic carbocycles. The lowest BCUT2D eigenvalue weighted by Gasteiger charge is -2.34. The molecule has 1 amide bonds. The quantitative estimate of drug-likeness (QED) is 0.624. The number of carbonyl (C=O) groups excluding carboxylic acids is 1. The second-order valence-electron chi connectivity index (χ2n) is 7.50. The van der Waals surface area contributed by atoms with Gasteiger partial charge in [0.1, 0.15) is 0 Å². The third kappa shape index (κ3) is 4.92. The van der Waals surface area contributed by atoms with Crippen molar-refractivity contribution in [3.8, 4) is 21.8 Å². The number of nitrogens with zero attached hydrogens (tertiary/aromatic N) is 5. The van der Waals surface area contributed by atoms with E-state index in [0.29, 0.717) is 19.6 Å². The molecule has 0 radical (unpaired) electrons. The van der Waals surface area contributed by atoms with E-state index in [4.69, 9.17) is 4.74 Å². The van der Waals surface area contributed by atoms with Gasteiger partial charge in [-0.25, -0.2) is 0 Å². The lowest BCUT2D eigenvalue weighted by atomic mass is 10.1. The Balaban J connectivity index is 1.40. The third-order valence-electron chi connectivity index (χ3n) is 4.94. The highest BCUT2D eigenvalue weighted by molar-refractivity contribution is 7.13. The molecule has 1 saturated heterocycles. The molecule has 9 heteroatoms. The van der Waals surface area contributed by atoms with Gasteiger partial charge >= 0.3 is 0 Å². The molecule has 3 aromatic heterocycles. The molecule has 2 atom stereocenters. The van der Waals surface area contributed by atoms with Gasteiger partial charge in [-0.15, -0.1) is 11.3 Å². The first-order valence-electron chi connectivity index (χ1n) is 10.1. The number of morpholine rings is 1. The van der Waals surface area contributed by atoms with Gasteiger partial charge in [0.2, 0.25) is 5.91 Å². The van der Waals surface area contributed by atoms with E-state index in [1.807, 2.05) is 36.2 Å². The van der Waals surface area contributed by atoms with Crippen LogP contribution in [0, 0.1) is 0 Å². The molecule has 4 rings (SSSR count). The molecule has 1 aliphatic rings. The minimum atomic E-state index is 0.0234. The molecule has 8 nitrogen and oxygen atoms in total. The van der Waals surface area contributed by atoms with Crippen molar-refractivity contribution in [1.29, 1.82) is 0 Å². The predicted molar refractivity (Wildman–Crippen MR) is 116 cm³/mol. The van der Waals surface area contributed by atoms with E-state index >= 15 is 0 Å². The molecule has 0 aromatic carbocycles. The smallest absolute Gasteiger partial charge is 0.234 e. The number of thiophene rings is 1. The summed E-state index contributed by atoms with van der Waals surface area (Å²) in [6, 6.07) is 4.08. The summed E-state index contributed by atoms with van der Waals surface area (Å²) < 4.78 is 7.66. The Morgan fingerprint density at radius 2 is 2.10 bits per heavy atom. The normalized spacial score (nSPS) is 19.7. The van der Waals surface area contributed by atoms with Gasteiger partial charge in [0, 0.05) is 37.6 Å². The van der Waals surface area contributed by atoms with E-state index in [-0.39, 0.29) is 18.1 Å². The van der Waals surface area contributed by atoms with Crippen molar-refractivity contribution in [3.05, 3.63) is 42.3 Å². The second-order valence-corrected chi connectivity index (χ2v) is 8.45. The first-order valence-corrected chi connectivity index (χ1v) is 11.0. The lowest BCUT2D eigenvalue weighted by Crippen LogP contribution is -2.49. The van der Waals surface area contributed by atoms with Crippen LogP contribution < -0.4 is 5.32 Å². The van der Waals surface area contributed by atoms with Gasteiger partial charge in [0.25, 0.3) is 0 Å². The molecule has 0 bridgehead atoms. The number of rotatable bonds is 7. The van der Waals surface area contributed by atoms with Crippen LogP contribution >= 0.6 is 11.3 Å². The van der Waals surface area contributed by atoms with Gasteiger partial charge < -0.3 is 10.1 Å². The van der Waals surface area contributed by atoms with Crippen LogP contribution in [0.2, 0.25) is 0 Å². The Labute approximate surface area is 179 Å². The van der Waals surface area contributed by atoms with Crippen molar-refractivity contribution >= 4 is 17.2 Å². The average Bonchev–Trinajstić information content (AvgIpc) is 3.37. The average molecular weight is 427 g/mol. The van der Waals surface area contributed by atoms with Crippen molar-refractivity contribution in [3.63, 3.8) is 0 Å². The molecule has 4 heterocycles. The summed E-state index contributed by atoms with van der Waals surface area (Å²) in [6.07, 6.45) is 7.20. The van der Waals surface area contributed by atoms with Crippen LogP contribution in [0.3, 0.4) is 0 Å². The highest BCUT2D eigenvalue weighted by Crippen LogP contribution is 2.33. The lowest BCUT2D eigenvalue weighted by molar-refractivity contribution is -0.126. The predicted octanol–water partition coefficient (Wildman–Crippen LogP) is 2.29. The maximum atomic E-state index is 12.4. The van der Waals surface area contributed by atoms with Crippen LogP contribution in [0.5, 0.6) is 0 Å². The largest absolute Gasteiger partial charge is 0.373 e. The first-order chi connectivity index (χ1) is 14.6. The van der Waals surface area contributed by atoms with Crippen LogP contribution in [0.1, 0.15) is 13.8 Å².